The Morgan fingerprint density at radius 3 is 2.38 bits per heavy atom. The predicted octanol–water partition coefficient (Wildman–Crippen LogP) is 1.58. The van der Waals surface area contributed by atoms with Crippen LogP contribution in [0.5, 0.6) is 5.75 Å². The topological polar surface area (TPSA) is 85.2 Å². The van der Waals surface area contributed by atoms with Gasteiger partial charge in [-0.05, 0) is 42.5 Å². The van der Waals surface area contributed by atoms with Gasteiger partial charge in [0.2, 0.25) is 0 Å². The molecule has 0 unspecified atom stereocenters. The lowest BCUT2D eigenvalue weighted by Crippen LogP contribution is -2.50. The van der Waals surface area contributed by atoms with Crippen LogP contribution in [-0.2, 0) is 4.79 Å². The fraction of sp³-hybridized carbons (Fsp3) is 0.250. The van der Waals surface area contributed by atoms with E-state index in [0.717, 1.165) is 18.3 Å². The van der Waals surface area contributed by atoms with E-state index in [1.807, 2.05) is 4.90 Å². The second-order valence-electron chi connectivity index (χ2n) is 6.57. The molecule has 1 saturated heterocycles. The van der Waals surface area contributed by atoms with E-state index in [9.17, 15) is 23.5 Å². The number of hydrogen-bond acceptors (Lipinski definition) is 5. The highest BCUT2D eigenvalue weighted by Crippen LogP contribution is 2.15. The lowest BCUT2D eigenvalue weighted by atomic mass is 10.2. The Hall–Kier alpha value is -3.33. The Labute approximate surface area is 166 Å². The maximum Gasteiger partial charge on any atom is 0.254 e. The van der Waals surface area contributed by atoms with Gasteiger partial charge in [0.1, 0.15) is 17.4 Å². The molecule has 2 aromatic carbocycles. The Morgan fingerprint density at radius 1 is 1.03 bits per heavy atom. The second kappa shape index (κ2) is 9.24. The van der Waals surface area contributed by atoms with Crippen LogP contribution in [0.1, 0.15) is 15.9 Å². The van der Waals surface area contributed by atoms with Crippen LogP contribution in [0.15, 0.2) is 47.6 Å². The summed E-state index contributed by atoms with van der Waals surface area (Å²) in [5, 5.41) is 13.3. The number of carbonyl (C=O) groups excluding carboxylic acids is 2. The van der Waals surface area contributed by atoms with E-state index in [1.165, 1.54) is 30.3 Å². The average molecular weight is 402 g/mol. The van der Waals surface area contributed by atoms with Gasteiger partial charge in [-0.1, -0.05) is 0 Å². The minimum Gasteiger partial charge on any atom is -0.507 e. The fourth-order valence-corrected chi connectivity index (χ4v) is 2.93. The summed E-state index contributed by atoms with van der Waals surface area (Å²) >= 11 is 0. The molecule has 29 heavy (non-hydrogen) atoms. The molecular weight excluding hydrogens is 382 g/mol. The summed E-state index contributed by atoms with van der Waals surface area (Å²) < 4.78 is 26.1. The number of nitrogens with zero attached hydrogens (tertiary/aromatic N) is 3. The largest absolute Gasteiger partial charge is 0.507 e. The van der Waals surface area contributed by atoms with E-state index >= 15 is 0 Å². The third-order valence-corrected chi connectivity index (χ3v) is 4.50. The third-order valence-electron chi connectivity index (χ3n) is 4.50. The number of piperazine rings is 1. The maximum absolute atomic E-state index is 13.1. The average Bonchev–Trinajstić information content (AvgIpc) is 2.71. The Morgan fingerprint density at radius 2 is 1.69 bits per heavy atom. The zero-order valence-corrected chi connectivity index (χ0v) is 15.5. The monoisotopic (exact) mass is 402 g/mol. The summed E-state index contributed by atoms with van der Waals surface area (Å²) in [6.07, 6.45) is 1.16. The number of hydrogen-bond donors (Lipinski definition) is 2. The minimum atomic E-state index is -0.524. The van der Waals surface area contributed by atoms with E-state index in [2.05, 4.69) is 10.5 Å². The molecule has 1 fully saturated rings. The number of phenolic OH excluding ortho intramolecular Hbond substituents is 1. The van der Waals surface area contributed by atoms with E-state index < -0.39 is 11.6 Å². The first-order chi connectivity index (χ1) is 13.9. The van der Waals surface area contributed by atoms with Crippen molar-refractivity contribution in [2.45, 2.75) is 0 Å². The van der Waals surface area contributed by atoms with Crippen molar-refractivity contribution in [1.29, 1.82) is 0 Å². The molecule has 0 radical (unpaired) electrons. The predicted molar refractivity (Wildman–Crippen MR) is 103 cm³/mol. The van der Waals surface area contributed by atoms with Crippen LogP contribution in [-0.4, -0.2) is 65.7 Å². The summed E-state index contributed by atoms with van der Waals surface area (Å²) in [5.74, 6) is -1.60. The van der Waals surface area contributed by atoms with Crippen molar-refractivity contribution >= 4 is 18.0 Å². The van der Waals surface area contributed by atoms with Gasteiger partial charge < -0.3 is 10.0 Å². The van der Waals surface area contributed by atoms with Crippen molar-refractivity contribution in [2.24, 2.45) is 5.10 Å². The molecule has 0 bridgehead atoms. The summed E-state index contributed by atoms with van der Waals surface area (Å²) in [5.41, 5.74) is 2.90. The van der Waals surface area contributed by atoms with Crippen LogP contribution in [0.4, 0.5) is 8.78 Å². The molecule has 0 aliphatic carbocycles. The number of hydrazone groups is 1. The maximum atomic E-state index is 13.1. The van der Waals surface area contributed by atoms with E-state index in [4.69, 9.17) is 0 Å². The van der Waals surface area contributed by atoms with Crippen LogP contribution in [0.25, 0.3) is 0 Å². The summed E-state index contributed by atoms with van der Waals surface area (Å²) in [7, 11) is 0. The fourth-order valence-electron chi connectivity index (χ4n) is 2.93. The van der Waals surface area contributed by atoms with Crippen molar-refractivity contribution in [3.05, 3.63) is 65.2 Å². The molecule has 0 spiro atoms. The van der Waals surface area contributed by atoms with Gasteiger partial charge in [0.25, 0.3) is 11.8 Å². The van der Waals surface area contributed by atoms with E-state index in [-0.39, 0.29) is 29.7 Å². The molecule has 1 aliphatic rings. The van der Waals surface area contributed by atoms with Crippen molar-refractivity contribution in [1.82, 2.24) is 15.2 Å². The molecule has 1 aliphatic heterocycles. The molecule has 0 aromatic heterocycles. The standard InChI is InChI=1S/C20H20F2N4O3/c21-16-3-1-14(2-4-16)20(29)26-9-7-25(8-10-26)13-19(28)24-23-12-15-11-17(22)5-6-18(15)27/h1-6,11-12,27H,7-10,13H2,(H,24,28). The van der Waals surface area contributed by atoms with Crippen LogP contribution in [0.2, 0.25) is 0 Å². The van der Waals surface area contributed by atoms with Crippen molar-refractivity contribution in [3.63, 3.8) is 0 Å². The zero-order valence-electron chi connectivity index (χ0n) is 15.5. The van der Waals surface area contributed by atoms with Crippen molar-refractivity contribution in [2.75, 3.05) is 32.7 Å². The number of halogens is 2. The number of carbonyl (C=O) groups is 2. The minimum absolute atomic E-state index is 0.0883. The van der Waals surface area contributed by atoms with Gasteiger partial charge >= 0.3 is 0 Å². The normalized spacial score (nSPS) is 14.9. The van der Waals surface area contributed by atoms with Crippen LogP contribution in [0.3, 0.4) is 0 Å². The van der Waals surface area contributed by atoms with Gasteiger partial charge in [0.15, 0.2) is 0 Å². The van der Waals surface area contributed by atoms with Crippen LogP contribution < -0.4 is 5.43 Å². The highest BCUT2D eigenvalue weighted by molar-refractivity contribution is 5.94. The number of nitrogens with one attached hydrogen (secondary N) is 1. The summed E-state index contributed by atoms with van der Waals surface area (Å²) in [6, 6.07) is 8.81. The van der Waals surface area contributed by atoms with Gasteiger partial charge in [-0.15, -0.1) is 0 Å². The van der Waals surface area contributed by atoms with Gasteiger partial charge in [0.05, 0.1) is 12.8 Å². The zero-order chi connectivity index (χ0) is 20.8. The first kappa shape index (κ1) is 20.4. The molecule has 2 amide bonds. The smallest absolute Gasteiger partial charge is 0.254 e. The Kier molecular flexibility index (Phi) is 6.50. The first-order valence-electron chi connectivity index (χ1n) is 9.00. The SMILES string of the molecule is O=C(CN1CCN(C(=O)c2ccc(F)cc2)CC1)NN=Cc1cc(F)ccc1O. The van der Waals surface area contributed by atoms with Crippen LogP contribution in [0, 0.1) is 11.6 Å². The molecule has 9 heteroatoms. The van der Waals surface area contributed by atoms with Gasteiger partial charge in [-0.25, -0.2) is 14.2 Å². The molecule has 3 rings (SSSR count). The molecule has 152 valence electrons. The lowest BCUT2D eigenvalue weighted by Gasteiger charge is -2.34. The molecule has 1 heterocycles. The van der Waals surface area contributed by atoms with E-state index in [1.54, 1.807) is 4.90 Å². The molecule has 2 aromatic rings. The highest BCUT2D eigenvalue weighted by Gasteiger charge is 2.23. The molecular formula is C20H20F2N4O3. The third kappa shape index (κ3) is 5.58. The van der Waals surface area contributed by atoms with Gasteiger partial charge in [-0.3, -0.25) is 14.5 Å². The highest BCUT2D eigenvalue weighted by atomic mass is 19.1. The Balaban J connectivity index is 1.44. The number of benzene rings is 2. The number of amides is 2. The van der Waals surface area contributed by atoms with Gasteiger partial charge in [0, 0.05) is 37.3 Å². The Bertz CT molecular complexity index is 910. The summed E-state index contributed by atoms with van der Waals surface area (Å²) in [4.78, 5) is 27.9. The lowest BCUT2D eigenvalue weighted by molar-refractivity contribution is -0.122. The second-order valence-corrected chi connectivity index (χ2v) is 6.57. The number of rotatable bonds is 5. The number of aromatic hydroxyl groups is 1. The van der Waals surface area contributed by atoms with Gasteiger partial charge in [-0.2, -0.15) is 5.10 Å². The molecule has 0 saturated carbocycles. The first-order valence-corrected chi connectivity index (χ1v) is 9.00. The van der Waals surface area contributed by atoms with Crippen LogP contribution >= 0.6 is 0 Å². The van der Waals surface area contributed by atoms with E-state index in [0.29, 0.717) is 31.7 Å². The summed E-state index contributed by atoms with van der Waals surface area (Å²) in [6.45, 7) is 2.00. The van der Waals surface area contributed by atoms with Crippen molar-refractivity contribution < 1.29 is 23.5 Å². The quantitative estimate of drug-likeness (QED) is 0.588. The molecule has 2 N–H and O–H groups in total. The molecule has 7 nitrogen and oxygen atoms in total. The molecule has 0 atom stereocenters. The number of phenols is 1. The van der Waals surface area contributed by atoms with Crippen molar-refractivity contribution in [3.8, 4) is 5.75 Å².